The van der Waals surface area contributed by atoms with Crippen molar-refractivity contribution in [2.75, 3.05) is 18.0 Å². The van der Waals surface area contributed by atoms with Crippen LogP contribution < -0.4 is 34.5 Å². The summed E-state index contributed by atoms with van der Waals surface area (Å²) in [5.74, 6) is 0. The number of rotatable bonds is 11. The zero-order chi connectivity index (χ0) is 33.6. The molecule has 0 radical (unpaired) electrons. The number of benzene rings is 4. The van der Waals surface area contributed by atoms with Gasteiger partial charge in [-0.2, -0.15) is 0 Å². The summed E-state index contributed by atoms with van der Waals surface area (Å²) < 4.78 is 75.2. The third-order valence-electron chi connectivity index (χ3n) is 8.02. The van der Waals surface area contributed by atoms with E-state index in [2.05, 4.69) is 47.6 Å². The first-order valence-corrected chi connectivity index (χ1v) is 18.0. The monoisotopic (exact) mass is 690 g/mol. The molecule has 1 aliphatic rings. The molecule has 0 spiro atoms. The maximum atomic E-state index is 12.5. The van der Waals surface area contributed by atoms with Crippen molar-refractivity contribution < 1.29 is 60.1 Å². The Labute approximate surface area is 305 Å². The van der Waals surface area contributed by atoms with Crippen molar-refractivity contribution >= 4 is 37.2 Å². The molecular formula is C37H35N2NaO6S2. The van der Waals surface area contributed by atoms with Crippen LogP contribution in [0.2, 0.25) is 0 Å². The van der Waals surface area contributed by atoms with Crippen LogP contribution in [-0.4, -0.2) is 49.3 Å². The molecule has 0 heterocycles. The van der Waals surface area contributed by atoms with Crippen LogP contribution in [0.4, 0.5) is 5.69 Å². The van der Waals surface area contributed by atoms with Crippen LogP contribution in [0.15, 0.2) is 143 Å². The predicted molar refractivity (Wildman–Crippen MR) is 182 cm³/mol. The summed E-state index contributed by atoms with van der Waals surface area (Å²) in [6.07, 6.45) is 7.55. The Morgan fingerprint density at radius 1 is 0.708 bits per heavy atom. The minimum atomic E-state index is -5.19. The van der Waals surface area contributed by atoms with Gasteiger partial charge in [-0.15, -0.1) is 0 Å². The number of hydrogen-bond acceptors (Lipinski definition) is 7. The van der Waals surface area contributed by atoms with Gasteiger partial charge in [-0.1, -0.05) is 78.9 Å². The zero-order valence-corrected chi connectivity index (χ0v) is 30.7. The van der Waals surface area contributed by atoms with Gasteiger partial charge in [0, 0.05) is 42.1 Å². The average Bonchev–Trinajstić information content (AvgIpc) is 3.07. The fraction of sp³-hybridized carbons (Fsp3) is 0.162. The summed E-state index contributed by atoms with van der Waals surface area (Å²) in [7, 11) is -10.2. The van der Waals surface area contributed by atoms with Crippen LogP contribution in [0.3, 0.4) is 0 Å². The van der Waals surface area contributed by atoms with Crippen molar-refractivity contribution in [1.82, 2.24) is 0 Å². The summed E-state index contributed by atoms with van der Waals surface area (Å²) in [5.41, 5.74) is 5.81. The van der Waals surface area contributed by atoms with Crippen LogP contribution in [0.1, 0.15) is 36.1 Å². The summed E-state index contributed by atoms with van der Waals surface area (Å²) in [4.78, 5) is 0.622. The first-order valence-electron chi connectivity index (χ1n) is 15.2. The van der Waals surface area contributed by atoms with Gasteiger partial charge in [-0.05, 0) is 72.5 Å². The molecule has 1 aliphatic carbocycles. The number of allylic oxidation sites excluding steroid dienone is 5. The van der Waals surface area contributed by atoms with Gasteiger partial charge >= 0.3 is 29.6 Å². The average molecular weight is 691 g/mol. The molecule has 48 heavy (non-hydrogen) atoms. The van der Waals surface area contributed by atoms with Crippen LogP contribution >= 0.6 is 0 Å². The van der Waals surface area contributed by atoms with Crippen molar-refractivity contribution in [2.45, 2.75) is 36.7 Å². The van der Waals surface area contributed by atoms with Gasteiger partial charge < -0.3 is 14.0 Å². The largest absolute Gasteiger partial charge is 1.00 e. The second-order valence-electron chi connectivity index (χ2n) is 11.0. The third kappa shape index (κ3) is 9.09. The standard InChI is InChI=1S/C37H36N2O6S2.Na/c1-3-38(26-28-11-7-5-8-12-28)32-19-15-30(16-20-32)37(35-24-23-34(46(40,41)42)25-36(35)47(43,44)45)31-17-21-33(22-18-31)39(4-2)27-29-13-9-6-10-14-29;/h5-25H,3-4,26-27H2,1-2H3,(H-,40,41,42,43,44,45);/q;+1/p-1. The van der Waals surface area contributed by atoms with Crippen LogP contribution in [0.25, 0.3) is 5.57 Å². The molecule has 8 nitrogen and oxygen atoms in total. The SMILES string of the molecule is CCN(Cc1ccccc1)c1ccc(C(=C2C=CC(=[N+](CC)Cc3ccccc3)C=C2)c2ccc(S(=O)(=O)[O-])cc2S(=O)(=O)[O-])cc1.[Na+]. The van der Waals surface area contributed by atoms with E-state index in [0.29, 0.717) is 35.9 Å². The first kappa shape index (κ1) is 37.2. The van der Waals surface area contributed by atoms with E-state index in [9.17, 15) is 25.9 Å². The van der Waals surface area contributed by atoms with Gasteiger partial charge in [0.1, 0.15) is 26.8 Å². The fourth-order valence-corrected chi connectivity index (χ4v) is 6.89. The Bertz CT molecular complexity index is 2070. The molecule has 0 aliphatic heterocycles. The van der Waals surface area contributed by atoms with Crippen LogP contribution in [-0.2, 0) is 33.3 Å². The van der Waals surface area contributed by atoms with E-state index in [0.717, 1.165) is 41.7 Å². The minimum absolute atomic E-state index is 0. The summed E-state index contributed by atoms with van der Waals surface area (Å²) in [5, 5.41) is 0. The zero-order valence-electron chi connectivity index (χ0n) is 27.1. The summed E-state index contributed by atoms with van der Waals surface area (Å²) in [6.45, 7) is 6.99. The van der Waals surface area contributed by atoms with Crippen molar-refractivity contribution in [3.8, 4) is 0 Å². The predicted octanol–water partition coefficient (Wildman–Crippen LogP) is 3.13. The number of hydrogen-bond donors (Lipinski definition) is 0. The van der Waals surface area contributed by atoms with Gasteiger partial charge in [0.2, 0.25) is 0 Å². The second kappa shape index (κ2) is 16.2. The van der Waals surface area contributed by atoms with Crippen LogP contribution in [0.5, 0.6) is 0 Å². The topological polar surface area (TPSA) is 121 Å². The van der Waals surface area contributed by atoms with E-state index >= 15 is 0 Å². The number of nitrogens with zero attached hydrogens (tertiary/aromatic N) is 2. The van der Waals surface area contributed by atoms with Gasteiger partial charge in [-0.25, -0.2) is 21.4 Å². The van der Waals surface area contributed by atoms with Crippen molar-refractivity contribution in [1.29, 1.82) is 0 Å². The Balaban J connectivity index is 0.00000520. The molecule has 0 unspecified atom stereocenters. The van der Waals surface area contributed by atoms with Gasteiger partial charge in [0.25, 0.3) is 0 Å². The molecule has 0 fully saturated rings. The third-order valence-corrected chi connectivity index (χ3v) is 9.73. The molecule has 4 aromatic rings. The maximum absolute atomic E-state index is 12.5. The summed E-state index contributed by atoms with van der Waals surface area (Å²) >= 11 is 0. The maximum Gasteiger partial charge on any atom is 1.00 e. The van der Waals surface area contributed by atoms with Crippen LogP contribution in [0, 0.1) is 0 Å². The quantitative estimate of drug-likeness (QED) is 0.135. The van der Waals surface area contributed by atoms with Gasteiger partial charge in [-0.3, -0.25) is 0 Å². The van der Waals surface area contributed by atoms with E-state index < -0.39 is 30.0 Å². The van der Waals surface area contributed by atoms with E-state index in [1.807, 2.05) is 85.0 Å². The fourth-order valence-electron chi connectivity index (χ4n) is 5.61. The Kier molecular flexibility index (Phi) is 12.6. The molecule has 242 valence electrons. The van der Waals surface area contributed by atoms with E-state index in [1.54, 1.807) is 0 Å². The molecular weight excluding hydrogens is 656 g/mol. The van der Waals surface area contributed by atoms with Crippen molar-refractivity contribution in [3.63, 3.8) is 0 Å². The summed E-state index contributed by atoms with van der Waals surface area (Å²) in [6, 6.07) is 30.6. The molecule has 0 N–H and O–H groups in total. The smallest absolute Gasteiger partial charge is 0.744 e. The molecule has 0 bridgehead atoms. The van der Waals surface area contributed by atoms with E-state index in [1.165, 1.54) is 6.07 Å². The molecule has 0 saturated heterocycles. The second-order valence-corrected chi connectivity index (χ2v) is 13.8. The first-order chi connectivity index (χ1) is 22.5. The molecule has 0 aromatic heterocycles. The molecule has 0 amide bonds. The van der Waals surface area contributed by atoms with Gasteiger partial charge in [0.15, 0.2) is 12.3 Å². The molecule has 0 atom stereocenters. The molecule has 0 saturated carbocycles. The Hall–Kier alpha value is -3.61. The van der Waals surface area contributed by atoms with E-state index in [4.69, 9.17) is 0 Å². The van der Waals surface area contributed by atoms with E-state index in [-0.39, 0.29) is 35.1 Å². The normalized spacial score (nSPS) is 12.8. The van der Waals surface area contributed by atoms with Crippen molar-refractivity contribution in [3.05, 3.63) is 155 Å². The Morgan fingerprint density at radius 3 is 1.81 bits per heavy atom. The minimum Gasteiger partial charge on any atom is -0.744 e. The molecule has 4 aromatic carbocycles. The molecule has 11 heteroatoms. The number of anilines is 1. The van der Waals surface area contributed by atoms with Gasteiger partial charge in [0.05, 0.1) is 9.79 Å². The molecule has 5 rings (SSSR count). The van der Waals surface area contributed by atoms with Crippen molar-refractivity contribution in [2.24, 2.45) is 0 Å². The Morgan fingerprint density at radius 2 is 1.29 bits per heavy atom.